The molecule has 2 heterocycles. The number of likely N-dealkylation sites (tertiary alicyclic amines) is 1. The number of nitrogens with zero attached hydrogens (tertiary/aromatic N) is 3. The lowest BCUT2D eigenvalue weighted by atomic mass is 10.1. The van der Waals surface area contributed by atoms with Gasteiger partial charge < -0.3 is 9.47 Å². The minimum atomic E-state index is -3.68. The number of benzene rings is 1. The number of aromatic nitrogens is 2. The molecule has 1 aliphatic heterocycles. The van der Waals surface area contributed by atoms with Crippen LogP contribution in [0.5, 0.6) is 0 Å². The van der Waals surface area contributed by atoms with E-state index in [1.54, 1.807) is 16.5 Å². The molecule has 7 nitrogen and oxygen atoms in total. The van der Waals surface area contributed by atoms with E-state index in [1.165, 1.54) is 12.5 Å². The number of carbonyl (C=O) groups is 1. The van der Waals surface area contributed by atoms with Crippen molar-refractivity contribution in [3.63, 3.8) is 0 Å². The molecule has 26 heavy (non-hydrogen) atoms. The minimum Gasteiger partial charge on any atom is -0.341 e. The second-order valence-electron chi connectivity index (χ2n) is 6.69. The van der Waals surface area contributed by atoms with Gasteiger partial charge in [-0.2, -0.15) is 0 Å². The van der Waals surface area contributed by atoms with E-state index >= 15 is 0 Å². The highest BCUT2D eigenvalue weighted by Gasteiger charge is 2.27. The zero-order valence-corrected chi connectivity index (χ0v) is 15.7. The van der Waals surface area contributed by atoms with Crippen LogP contribution in [0.3, 0.4) is 0 Å². The summed E-state index contributed by atoms with van der Waals surface area (Å²) in [4.78, 5) is 18.3. The Labute approximate surface area is 154 Å². The van der Waals surface area contributed by atoms with Gasteiger partial charge in [0, 0.05) is 32.4 Å². The smallest absolute Gasteiger partial charge is 0.259 e. The molecule has 1 atom stereocenters. The fourth-order valence-corrected chi connectivity index (χ4v) is 4.40. The Hall–Kier alpha value is -2.19. The first-order valence-corrected chi connectivity index (χ1v) is 10.2. The molecule has 1 unspecified atom stereocenters. The molecule has 0 saturated carbocycles. The molecule has 0 bridgehead atoms. The molecule has 1 aromatic carbocycles. The van der Waals surface area contributed by atoms with E-state index in [2.05, 4.69) is 9.71 Å². The van der Waals surface area contributed by atoms with Gasteiger partial charge in [0.1, 0.15) is 0 Å². The van der Waals surface area contributed by atoms with E-state index in [9.17, 15) is 13.2 Å². The first-order valence-electron chi connectivity index (χ1n) is 8.76. The molecule has 8 heteroatoms. The molecule has 0 aliphatic carbocycles. The van der Waals surface area contributed by atoms with Crippen LogP contribution in [0, 0.1) is 0 Å². The molecule has 2 aromatic rings. The number of amides is 1. The van der Waals surface area contributed by atoms with Crippen LogP contribution < -0.4 is 4.72 Å². The second kappa shape index (κ2) is 8.01. The highest BCUT2D eigenvalue weighted by molar-refractivity contribution is 7.89. The van der Waals surface area contributed by atoms with Crippen molar-refractivity contribution in [2.45, 2.75) is 36.8 Å². The molecule has 140 valence electrons. The van der Waals surface area contributed by atoms with E-state index in [0.29, 0.717) is 25.9 Å². The van der Waals surface area contributed by atoms with Gasteiger partial charge in [0.05, 0.1) is 12.7 Å². The molecule has 1 fully saturated rings. The Bertz CT molecular complexity index is 848. The Balaban J connectivity index is 1.66. The van der Waals surface area contributed by atoms with E-state index < -0.39 is 10.0 Å². The number of hydrogen-bond acceptors (Lipinski definition) is 4. The monoisotopic (exact) mass is 376 g/mol. The number of hydrogen-bond donors (Lipinski definition) is 1. The normalized spacial score (nSPS) is 18.5. The molecular formula is C18H24N4O3S. The van der Waals surface area contributed by atoms with Crippen LogP contribution in [0.25, 0.3) is 0 Å². The van der Waals surface area contributed by atoms with Crippen LogP contribution >= 0.6 is 0 Å². The molecule has 1 amide bonds. The predicted octanol–water partition coefficient (Wildman–Crippen LogP) is 1.32. The van der Waals surface area contributed by atoms with Crippen molar-refractivity contribution in [2.75, 3.05) is 13.1 Å². The van der Waals surface area contributed by atoms with Crippen molar-refractivity contribution in [3.05, 3.63) is 48.4 Å². The molecule has 1 aromatic heterocycles. The largest absolute Gasteiger partial charge is 0.341 e. The van der Waals surface area contributed by atoms with Gasteiger partial charge in [0.2, 0.25) is 5.91 Å². The van der Waals surface area contributed by atoms with Crippen molar-refractivity contribution in [2.24, 2.45) is 7.05 Å². The Kier molecular flexibility index (Phi) is 5.73. The van der Waals surface area contributed by atoms with Crippen LogP contribution in [0.4, 0.5) is 0 Å². The predicted molar refractivity (Wildman–Crippen MR) is 97.9 cm³/mol. The summed E-state index contributed by atoms with van der Waals surface area (Å²) in [6.45, 7) is 1.05. The first kappa shape index (κ1) is 18.6. The molecule has 0 radical (unpaired) electrons. The van der Waals surface area contributed by atoms with E-state index in [1.807, 2.05) is 30.3 Å². The van der Waals surface area contributed by atoms with Gasteiger partial charge in [-0.1, -0.05) is 36.8 Å². The maximum atomic E-state index is 12.6. The van der Waals surface area contributed by atoms with E-state index in [0.717, 1.165) is 18.4 Å². The fourth-order valence-electron chi connectivity index (χ4n) is 3.15. The summed E-state index contributed by atoms with van der Waals surface area (Å²) in [5, 5.41) is 0.00593. The van der Waals surface area contributed by atoms with Crippen LogP contribution in [-0.2, 0) is 28.3 Å². The molecule has 1 saturated heterocycles. The fraction of sp³-hybridized carbons (Fsp3) is 0.444. The van der Waals surface area contributed by atoms with Crippen molar-refractivity contribution in [3.8, 4) is 0 Å². The zero-order chi connectivity index (χ0) is 18.6. The molecule has 1 N–H and O–H groups in total. The molecule has 1 aliphatic rings. The third-order valence-corrected chi connectivity index (χ3v) is 5.91. The highest BCUT2D eigenvalue weighted by atomic mass is 32.2. The summed E-state index contributed by atoms with van der Waals surface area (Å²) < 4.78 is 29.3. The lowest BCUT2D eigenvalue weighted by Gasteiger charge is -2.25. The Morgan fingerprint density at radius 3 is 2.73 bits per heavy atom. The summed E-state index contributed by atoms with van der Waals surface area (Å²) in [6.07, 6.45) is 5.73. The van der Waals surface area contributed by atoms with Crippen molar-refractivity contribution in [1.82, 2.24) is 19.2 Å². The van der Waals surface area contributed by atoms with Crippen LogP contribution in [0.1, 0.15) is 24.8 Å². The molecule has 3 rings (SSSR count). The second-order valence-corrected chi connectivity index (χ2v) is 8.35. The van der Waals surface area contributed by atoms with Gasteiger partial charge in [-0.05, 0) is 18.4 Å². The van der Waals surface area contributed by atoms with Gasteiger partial charge in [-0.3, -0.25) is 4.79 Å². The lowest BCUT2D eigenvalue weighted by molar-refractivity contribution is -0.130. The third-order valence-electron chi connectivity index (χ3n) is 4.50. The minimum absolute atomic E-state index is 0.00593. The SMILES string of the molecule is Cn1cnc(S(=O)(=O)NC2CCCCN(C(=O)Cc3ccccc3)C2)c1. The average Bonchev–Trinajstić information content (AvgIpc) is 2.92. The van der Waals surface area contributed by atoms with E-state index in [4.69, 9.17) is 0 Å². The van der Waals surface area contributed by atoms with Crippen LogP contribution in [0.2, 0.25) is 0 Å². The van der Waals surface area contributed by atoms with Gasteiger partial charge in [-0.15, -0.1) is 0 Å². The number of aryl methyl sites for hydroxylation is 1. The number of sulfonamides is 1. The summed E-state index contributed by atoms with van der Waals surface area (Å²) in [6, 6.07) is 9.30. The quantitative estimate of drug-likeness (QED) is 0.853. The summed E-state index contributed by atoms with van der Waals surface area (Å²) in [7, 11) is -1.96. The Morgan fingerprint density at radius 2 is 2.04 bits per heavy atom. The van der Waals surface area contributed by atoms with Crippen LogP contribution in [-0.4, -0.2) is 47.9 Å². The summed E-state index contributed by atoms with van der Waals surface area (Å²) >= 11 is 0. The standard InChI is InChI=1S/C18H24N4O3S/c1-21-13-17(19-14-21)26(24,25)20-16-9-5-6-10-22(12-16)18(23)11-15-7-3-2-4-8-15/h2-4,7-8,13-14,16,20H,5-6,9-12H2,1H3. The number of imidazole rings is 1. The molecular weight excluding hydrogens is 352 g/mol. The number of rotatable bonds is 5. The van der Waals surface area contributed by atoms with Gasteiger partial charge in [0.15, 0.2) is 5.03 Å². The Morgan fingerprint density at radius 1 is 1.27 bits per heavy atom. The summed E-state index contributed by atoms with van der Waals surface area (Å²) in [5.41, 5.74) is 0.965. The first-order chi connectivity index (χ1) is 12.4. The topological polar surface area (TPSA) is 84.3 Å². The average molecular weight is 376 g/mol. The van der Waals surface area contributed by atoms with E-state index in [-0.39, 0.29) is 17.0 Å². The zero-order valence-electron chi connectivity index (χ0n) is 14.8. The maximum absolute atomic E-state index is 12.6. The lowest BCUT2D eigenvalue weighted by Crippen LogP contribution is -2.45. The number of carbonyl (C=O) groups excluding carboxylic acids is 1. The van der Waals surface area contributed by atoms with Gasteiger partial charge >= 0.3 is 0 Å². The van der Waals surface area contributed by atoms with Gasteiger partial charge in [0.25, 0.3) is 10.0 Å². The van der Waals surface area contributed by atoms with Crippen molar-refractivity contribution in [1.29, 1.82) is 0 Å². The number of nitrogens with one attached hydrogen (secondary N) is 1. The van der Waals surface area contributed by atoms with Crippen molar-refractivity contribution >= 4 is 15.9 Å². The van der Waals surface area contributed by atoms with Gasteiger partial charge in [-0.25, -0.2) is 18.1 Å². The third kappa shape index (κ3) is 4.70. The van der Waals surface area contributed by atoms with Crippen molar-refractivity contribution < 1.29 is 13.2 Å². The maximum Gasteiger partial charge on any atom is 0.259 e. The highest BCUT2D eigenvalue weighted by Crippen LogP contribution is 2.15. The van der Waals surface area contributed by atoms with Crippen LogP contribution in [0.15, 0.2) is 47.9 Å². The summed E-state index contributed by atoms with van der Waals surface area (Å²) in [5.74, 6) is 0.0279. The molecule has 0 spiro atoms.